The molecule has 0 unspecified atom stereocenters. The summed E-state index contributed by atoms with van der Waals surface area (Å²) in [6, 6.07) is 12.0. The molecule has 1 N–H and O–H groups in total. The molecule has 6 nitrogen and oxygen atoms in total. The van der Waals surface area contributed by atoms with Gasteiger partial charge in [-0.15, -0.1) is 0 Å². The van der Waals surface area contributed by atoms with E-state index in [-0.39, 0.29) is 23.8 Å². The van der Waals surface area contributed by atoms with Gasteiger partial charge in [0.05, 0.1) is 16.5 Å². The molecule has 3 rings (SSSR count). The number of carboxylic acid groups (broad SMARTS) is 1. The molecular formula is C21H23NO5S. The minimum absolute atomic E-state index is 0.0299. The predicted octanol–water partition coefficient (Wildman–Crippen LogP) is 3.99. The minimum Gasteiger partial charge on any atom is -0.491 e. The number of aromatic nitrogens is 1. The topological polar surface area (TPSA) is 85.6 Å². The van der Waals surface area contributed by atoms with E-state index in [9.17, 15) is 13.2 Å². The molecule has 0 aliphatic heterocycles. The van der Waals surface area contributed by atoms with Gasteiger partial charge in [-0.25, -0.2) is 12.4 Å². The summed E-state index contributed by atoms with van der Waals surface area (Å²) in [5.41, 5.74) is 1.81. The monoisotopic (exact) mass is 401 g/mol. The van der Waals surface area contributed by atoms with Crippen LogP contribution in [0.2, 0.25) is 0 Å². The third-order valence-corrected chi connectivity index (χ3v) is 6.27. The summed E-state index contributed by atoms with van der Waals surface area (Å²) in [6.07, 6.45) is 1.64. The first-order valence-corrected chi connectivity index (χ1v) is 10.5. The number of hydrogen-bond donors (Lipinski definition) is 1. The molecule has 0 saturated carbocycles. The number of hydrogen-bond acceptors (Lipinski definition) is 4. The average Bonchev–Trinajstić information content (AvgIpc) is 2.98. The summed E-state index contributed by atoms with van der Waals surface area (Å²) in [5.74, 6) is -0.317. The van der Waals surface area contributed by atoms with Gasteiger partial charge in [0.25, 0.3) is 10.0 Å². The van der Waals surface area contributed by atoms with E-state index in [0.717, 1.165) is 0 Å². The molecule has 1 heterocycles. The van der Waals surface area contributed by atoms with Gasteiger partial charge in [0.15, 0.2) is 0 Å². The molecule has 0 amide bonds. The molecule has 28 heavy (non-hydrogen) atoms. The Morgan fingerprint density at radius 2 is 1.89 bits per heavy atom. The third kappa shape index (κ3) is 3.89. The van der Waals surface area contributed by atoms with Crippen LogP contribution >= 0.6 is 0 Å². The van der Waals surface area contributed by atoms with Crippen LogP contribution in [0.1, 0.15) is 31.4 Å². The molecule has 0 atom stereocenters. The van der Waals surface area contributed by atoms with Crippen LogP contribution in [-0.2, 0) is 21.2 Å². The van der Waals surface area contributed by atoms with Crippen molar-refractivity contribution in [2.45, 2.75) is 44.6 Å². The molecule has 0 fully saturated rings. The van der Waals surface area contributed by atoms with Crippen LogP contribution in [0.15, 0.2) is 53.6 Å². The molecule has 0 aliphatic carbocycles. The zero-order valence-electron chi connectivity index (χ0n) is 16.0. The molecule has 0 saturated heterocycles. The highest BCUT2D eigenvalue weighted by Gasteiger charge is 2.23. The quantitative estimate of drug-likeness (QED) is 0.647. The van der Waals surface area contributed by atoms with Crippen molar-refractivity contribution in [1.29, 1.82) is 0 Å². The van der Waals surface area contributed by atoms with Crippen molar-refractivity contribution in [3.05, 3.63) is 59.8 Å². The van der Waals surface area contributed by atoms with E-state index in [1.165, 1.54) is 10.2 Å². The highest BCUT2D eigenvalue weighted by molar-refractivity contribution is 7.90. The standard InChI is InChI=1S/C21H23NO5S/c1-14(2)27-17-9-10-19-18(12-17)16(8-11-21(23)24)13-22(19)28(25,26)20-7-5-4-6-15(20)3/h4-7,9-10,12-14H,8,11H2,1-3H3,(H,23,24). The lowest BCUT2D eigenvalue weighted by Crippen LogP contribution is -2.13. The number of nitrogens with zero attached hydrogens (tertiary/aromatic N) is 1. The number of rotatable bonds is 7. The lowest BCUT2D eigenvalue weighted by atomic mass is 10.1. The van der Waals surface area contributed by atoms with Gasteiger partial charge in [-0.2, -0.15) is 0 Å². The van der Waals surface area contributed by atoms with Crippen LogP contribution in [0.25, 0.3) is 10.9 Å². The van der Waals surface area contributed by atoms with Crippen LogP contribution in [0.4, 0.5) is 0 Å². The van der Waals surface area contributed by atoms with Crippen LogP contribution in [0.3, 0.4) is 0 Å². The molecule has 0 bridgehead atoms. The number of ether oxygens (including phenoxy) is 1. The van der Waals surface area contributed by atoms with E-state index in [0.29, 0.717) is 27.8 Å². The Bertz CT molecular complexity index is 1130. The van der Waals surface area contributed by atoms with Gasteiger partial charge in [0.1, 0.15) is 5.75 Å². The van der Waals surface area contributed by atoms with Gasteiger partial charge < -0.3 is 9.84 Å². The van der Waals surface area contributed by atoms with Crippen molar-refractivity contribution in [1.82, 2.24) is 3.97 Å². The molecular weight excluding hydrogens is 378 g/mol. The number of fused-ring (bicyclic) bond motifs is 1. The van der Waals surface area contributed by atoms with Crippen LogP contribution in [0.5, 0.6) is 5.75 Å². The predicted molar refractivity (Wildman–Crippen MR) is 107 cm³/mol. The maximum absolute atomic E-state index is 13.3. The van der Waals surface area contributed by atoms with Crippen LogP contribution < -0.4 is 4.74 Å². The van der Waals surface area contributed by atoms with Gasteiger partial charge in [-0.3, -0.25) is 4.79 Å². The van der Waals surface area contributed by atoms with Gasteiger partial charge >= 0.3 is 5.97 Å². The lowest BCUT2D eigenvalue weighted by molar-refractivity contribution is -0.136. The lowest BCUT2D eigenvalue weighted by Gasteiger charge is -2.12. The minimum atomic E-state index is -3.82. The second-order valence-electron chi connectivity index (χ2n) is 6.96. The number of carbonyl (C=O) groups is 1. The van der Waals surface area contributed by atoms with E-state index in [4.69, 9.17) is 9.84 Å². The molecule has 3 aromatic rings. The number of aliphatic carboxylic acids is 1. The first-order valence-electron chi connectivity index (χ1n) is 9.04. The zero-order valence-corrected chi connectivity index (χ0v) is 16.9. The Labute approximate surface area is 164 Å². The molecule has 0 radical (unpaired) electrons. The van der Waals surface area contributed by atoms with E-state index in [1.807, 2.05) is 13.8 Å². The fourth-order valence-corrected chi connectivity index (χ4v) is 4.80. The summed E-state index contributed by atoms with van der Waals surface area (Å²) < 4.78 is 33.6. The van der Waals surface area contributed by atoms with Gasteiger partial charge in [0.2, 0.25) is 0 Å². The zero-order chi connectivity index (χ0) is 20.5. The Morgan fingerprint density at radius 1 is 1.18 bits per heavy atom. The van der Waals surface area contributed by atoms with Crippen molar-refractivity contribution >= 4 is 26.9 Å². The van der Waals surface area contributed by atoms with Crippen molar-refractivity contribution < 1.29 is 23.1 Å². The van der Waals surface area contributed by atoms with Gasteiger partial charge in [-0.1, -0.05) is 18.2 Å². The fourth-order valence-electron chi connectivity index (χ4n) is 3.18. The summed E-state index contributed by atoms with van der Waals surface area (Å²) in [4.78, 5) is 11.3. The number of carboxylic acids is 1. The first-order chi connectivity index (χ1) is 13.2. The Balaban J connectivity index is 2.20. The highest BCUT2D eigenvalue weighted by Crippen LogP contribution is 2.31. The molecule has 148 valence electrons. The summed E-state index contributed by atoms with van der Waals surface area (Å²) in [7, 11) is -3.82. The van der Waals surface area contributed by atoms with Crippen LogP contribution in [-0.4, -0.2) is 29.6 Å². The number of benzene rings is 2. The largest absolute Gasteiger partial charge is 0.491 e. The van der Waals surface area contributed by atoms with Gasteiger partial charge in [0, 0.05) is 18.0 Å². The second-order valence-corrected chi connectivity index (χ2v) is 8.74. The Kier molecular flexibility index (Phi) is 5.47. The van der Waals surface area contributed by atoms with E-state index < -0.39 is 16.0 Å². The van der Waals surface area contributed by atoms with Crippen molar-refractivity contribution in [2.24, 2.45) is 0 Å². The van der Waals surface area contributed by atoms with Crippen LogP contribution in [0, 0.1) is 6.92 Å². The molecule has 7 heteroatoms. The van der Waals surface area contributed by atoms with Crippen molar-refractivity contribution in [3.8, 4) is 5.75 Å². The normalized spacial score (nSPS) is 11.9. The maximum atomic E-state index is 13.3. The van der Waals surface area contributed by atoms with E-state index in [2.05, 4.69) is 0 Å². The molecule has 2 aromatic carbocycles. The summed E-state index contributed by atoms with van der Waals surface area (Å²) >= 11 is 0. The Morgan fingerprint density at radius 3 is 2.54 bits per heavy atom. The Hall–Kier alpha value is -2.80. The molecule has 0 aliphatic rings. The third-order valence-electron chi connectivity index (χ3n) is 4.43. The molecule has 1 aromatic heterocycles. The summed E-state index contributed by atoms with van der Waals surface area (Å²) in [5, 5.41) is 9.73. The summed E-state index contributed by atoms with van der Waals surface area (Å²) in [6.45, 7) is 5.56. The first kappa shape index (κ1) is 19.9. The van der Waals surface area contributed by atoms with Gasteiger partial charge in [-0.05, 0) is 62.6 Å². The maximum Gasteiger partial charge on any atom is 0.303 e. The van der Waals surface area contributed by atoms with E-state index in [1.54, 1.807) is 49.4 Å². The fraction of sp³-hybridized carbons (Fsp3) is 0.286. The molecule has 0 spiro atoms. The number of aryl methyl sites for hydroxylation is 2. The average molecular weight is 401 g/mol. The SMILES string of the molecule is Cc1ccccc1S(=O)(=O)n1cc(CCC(=O)O)c2cc(OC(C)C)ccc21. The van der Waals surface area contributed by atoms with Crippen molar-refractivity contribution in [3.63, 3.8) is 0 Å². The highest BCUT2D eigenvalue weighted by atomic mass is 32.2. The smallest absolute Gasteiger partial charge is 0.303 e. The van der Waals surface area contributed by atoms with E-state index >= 15 is 0 Å². The van der Waals surface area contributed by atoms with Crippen molar-refractivity contribution in [2.75, 3.05) is 0 Å². The second kappa shape index (κ2) is 7.67.